The Kier molecular flexibility index (Phi) is 2.79. The van der Waals surface area contributed by atoms with Gasteiger partial charge in [-0.2, -0.15) is 0 Å². The van der Waals surface area contributed by atoms with Gasteiger partial charge in [0.05, 0.1) is 19.1 Å². The Bertz CT molecular complexity index is 147. The van der Waals surface area contributed by atoms with E-state index in [4.69, 9.17) is 0 Å². The van der Waals surface area contributed by atoms with Crippen molar-refractivity contribution < 1.29 is 8.78 Å². The highest BCUT2D eigenvalue weighted by Gasteiger charge is 2.19. The molecule has 0 saturated heterocycles. The Balaban J connectivity index is 2.26. The largest absolute Gasteiger partial charge is 0.341 e. The molecule has 0 bridgehead atoms. The summed E-state index contributed by atoms with van der Waals surface area (Å²) >= 11 is 0. The fraction of sp³-hybridized carbons (Fsp3) is 0.714. The Labute approximate surface area is 64.9 Å². The van der Waals surface area contributed by atoms with Crippen molar-refractivity contribution in [3.63, 3.8) is 0 Å². The van der Waals surface area contributed by atoms with Crippen molar-refractivity contribution in [2.75, 3.05) is 6.54 Å². The zero-order valence-electron chi connectivity index (χ0n) is 6.30. The molecule has 2 radical (unpaired) electrons. The van der Waals surface area contributed by atoms with Gasteiger partial charge in [0, 0.05) is 0 Å². The summed E-state index contributed by atoms with van der Waals surface area (Å²) in [6, 6.07) is 0.0498. The van der Waals surface area contributed by atoms with Crippen LogP contribution in [0.5, 0.6) is 0 Å². The molecule has 0 saturated carbocycles. The maximum absolute atomic E-state index is 11.8. The highest BCUT2D eigenvalue weighted by Crippen LogP contribution is 2.12. The van der Waals surface area contributed by atoms with Crippen LogP contribution in [0, 0.1) is 6.54 Å². The van der Waals surface area contributed by atoms with E-state index in [2.05, 4.69) is 11.3 Å². The number of alkyl halides is 2. The van der Waals surface area contributed by atoms with Gasteiger partial charge >= 0.3 is 0 Å². The van der Waals surface area contributed by atoms with Crippen molar-refractivity contribution in [2.24, 2.45) is 4.99 Å². The van der Waals surface area contributed by atoms with Crippen LogP contribution in [0.1, 0.15) is 13.3 Å². The highest BCUT2D eigenvalue weighted by molar-refractivity contribution is 5.59. The molecule has 0 spiro atoms. The lowest BCUT2D eigenvalue weighted by molar-refractivity contribution is 0.125. The van der Waals surface area contributed by atoms with Crippen molar-refractivity contribution in [1.82, 2.24) is 4.90 Å². The SMILES string of the molecule is CCC1[CH]N(CC(F)F)[C]=N1. The van der Waals surface area contributed by atoms with Crippen LogP contribution >= 0.6 is 0 Å². The van der Waals surface area contributed by atoms with E-state index in [9.17, 15) is 8.78 Å². The van der Waals surface area contributed by atoms with Crippen LogP contribution in [0.15, 0.2) is 4.99 Å². The predicted octanol–water partition coefficient (Wildman–Crippen LogP) is 1.41. The minimum atomic E-state index is -2.32. The molecule has 1 heterocycles. The molecule has 0 amide bonds. The maximum Gasteiger partial charge on any atom is 0.255 e. The molecule has 2 nitrogen and oxygen atoms in total. The first-order chi connectivity index (χ1) is 5.22. The molecular weight excluding hydrogens is 150 g/mol. The third-order valence-corrected chi connectivity index (χ3v) is 1.46. The van der Waals surface area contributed by atoms with Gasteiger partial charge in [-0.05, 0) is 6.42 Å². The van der Waals surface area contributed by atoms with Gasteiger partial charge in [0.1, 0.15) is 0 Å². The van der Waals surface area contributed by atoms with E-state index in [0.29, 0.717) is 0 Å². The van der Waals surface area contributed by atoms with Crippen molar-refractivity contribution in [2.45, 2.75) is 25.8 Å². The second-order valence-electron chi connectivity index (χ2n) is 2.40. The van der Waals surface area contributed by atoms with Crippen LogP contribution < -0.4 is 0 Å². The van der Waals surface area contributed by atoms with Gasteiger partial charge in [0.25, 0.3) is 6.43 Å². The molecule has 1 aliphatic heterocycles. The van der Waals surface area contributed by atoms with Gasteiger partial charge in [-0.1, -0.05) is 6.92 Å². The fourth-order valence-corrected chi connectivity index (χ4v) is 0.870. The second kappa shape index (κ2) is 3.64. The first-order valence-corrected chi connectivity index (χ1v) is 3.57. The number of nitrogens with zero attached hydrogens (tertiary/aromatic N) is 2. The summed E-state index contributed by atoms with van der Waals surface area (Å²) < 4.78 is 23.5. The fourth-order valence-electron chi connectivity index (χ4n) is 0.870. The topological polar surface area (TPSA) is 15.6 Å². The average molecular weight is 160 g/mol. The molecule has 0 fully saturated rings. The smallest absolute Gasteiger partial charge is 0.255 e. The monoisotopic (exact) mass is 160 g/mol. The molecule has 0 aromatic heterocycles. The van der Waals surface area contributed by atoms with E-state index in [1.165, 1.54) is 4.90 Å². The predicted molar refractivity (Wildman–Crippen MR) is 38.5 cm³/mol. The van der Waals surface area contributed by atoms with Crippen LogP contribution in [0.4, 0.5) is 8.78 Å². The second-order valence-corrected chi connectivity index (χ2v) is 2.40. The number of rotatable bonds is 3. The molecule has 1 atom stereocenters. The van der Waals surface area contributed by atoms with E-state index < -0.39 is 6.43 Å². The standard InChI is InChI=1S/C7H10F2N2/c1-2-6-3-11(5-10-6)4-7(8)9/h3,6-7H,2,4H2,1H3. The van der Waals surface area contributed by atoms with Crippen LogP contribution in [0.25, 0.3) is 0 Å². The Morgan fingerprint density at radius 3 is 2.91 bits per heavy atom. The van der Waals surface area contributed by atoms with Gasteiger partial charge in [-0.25, -0.2) is 8.78 Å². The van der Waals surface area contributed by atoms with Crippen molar-refractivity contribution >= 4 is 6.34 Å². The normalized spacial score (nSPS) is 23.6. The van der Waals surface area contributed by atoms with Crippen LogP contribution in [0.3, 0.4) is 0 Å². The third-order valence-electron chi connectivity index (χ3n) is 1.46. The molecule has 4 heteroatoms. The van der Waals surface area contributed by atoms with Gasteiger partial charge in [-0.3, -0.25) is 4.99 Å². The summed E-state index contributed by atoms with van der Waals surface area (Å²) in [7, 11) is 0. The molecule has 1 unspecified atom stereocenters. The summed E-state index contributed by atoms with van der Waals surface area (Å²) in [5.41, 5.74) is 0. The molecule has 62 valence electrons. The number of halogens is 2. The third kappa shape index (κ3) is 2.44. The van der Waals surface area contributed by atoms with Crippen molar-refractivity contribution in [3.8, 4) is 0 Å². The Morgan fingerprint density at radius 2 is 2.45 bits per heavy atom. The molecule has 0 N–H and O–H groups in total. The average Bonchev–Trinajstić information content (AvgIpc) is 2.34. The van der Waals surface area contributed by atoms with E-state index in [1.54, 1.807) is 6.54 Å². The lowest BCUT2D eigenvalue weighted by Crippen LogP contribution is -2.23. The Morgan fingerprint density at radius 1 is 1.73 bits per heavy atom. The highest BCUT2D eigenvalue weighted by atomic mass is 19.3. The van der Waals surface area contributed by atoms with E-state index >= 15 is 0 Å². The van der Waals surface area contributed by atoms with Crippen molar-refractivity contribution in [1.29, 1.82) is 0 Å². The zero-order valence-corrected chi connectivity index (χ0v) is 6.30. The van der Waals surface area contributed by atoms with E-state index in [0.717, 1.165) is 6.42 Å². The summed E-state index contributed by atoms with van der Waals surface area (Å²) in [4.78, 5) is 5.19. The molecular formula is C7H10F2N2. The Hall–Kier alpha value is -0.670. The summed E-state index contributed by atoms with van der Waals surface area (Å²) in [5.74, 6) is 0. The number of aliphatic imine (C=N–C) groups is 1. The first kappa shape index (κ1) is 8.43. The minimum absolute atomic E-state index is 0.0498. The molecule has 1 aliphatic rings. The first-order valence-electron chi connectivity index (χ1n) is 3.57. The minimum Gasteiger partial charge on any atom is -0.341 e. The molecule has 11 heavy (non-hydrogen) atoms. The molecule has 0 aromatic rings. The van der Waals surface area contributed by atoms with Gasteiger partial charge in [-0.15, -0.1) is 0 Å². The van der Waals surface area contributed by atoms with Gasteiger partial charge in [0.2, 0.25) is 0 Å². The maximum atomic E-state index is 11.8. The summed E-state index contributed by atoms with van der Waals surface area (Å²) in [6.45, 7) is 3.34. The number of hydrogen-bond donors (Lipinski definition) is 0. The molecule has 0 aliphatic carbocycles. The zero-order chi connectivity index (χ0) is 8.27. The molecule has 1 rings (SSSR count). The van der Waals surface area contributed by atoms with E-state index in [-0.39, 0.29) is 12.6 Å². The summed E-state index contributed by atoms with van der Waals surface area (Å²) in [6.07, 6.45) is 1.04. The lowest BCUT2D eigenvalue weighted by Gasteiger charge is -2.12. The lowest BCUT2D eigenvalue weighted by atomic mass is 10.2. The number of hydrogen-bond acceptors (Lipinski definition) is 2. The van der Waals surface area contributed by atoms with Crippen LogP contribution in [-0.2, 0) is 0 Å². The van der Waals surface area contributed by atoms with Gasteiger partial charge < -0.3 is 4.90 Å². The molecule has 0 aromatic carbocycles. The van der Waals surface area contributed by atoms with Crippen LogP contribution in [0.2, 0.25) is 0 Å². The van der Waals surface area contributed by atoms with Crippen molar-refractivity contribution in [3.05, 3.63) is 6.54 Å². The summed E-state index contributed by atoms with van der Waals surface area (Å²) in [5, 5.41) is 0. The van der Waals surface area contributed by atoms with Gasteiger partial charge in [0.15, 0.2) is 6.34 Å². The van der Waals surface area contributed by atoms with E-state index in [1.807, 2.05) is 6.92 Å². The van der Waals surface area contributed by atoms with Crippen LogP contribution in [-0.4, -0.2) is 30.3 Å². The quantitative estimate of drug-likeness (QED) is 0.609.